The number of aryl methyl sites for hydroxylation is 1. The van der Waals surface area contributed by atoms with Crippen LogP contribution in [0.15, 0.2) is 22.7 Å². The molecule has 1 N–H and O–H groups in total. The maximum atomic E-state index is 11.0. The van der Waals surface area contributed by atoms with Crippen LogP contribution in [0.1, 0.15) is 18.1 Å². The number of amides is 1. The Balaban J connectivity index is 2.42. The molecule has 1 rings (SSSR count). The number of benzene rings is 1. The van der Waals surface area contributed by atoms with Gasteiger partial charge < -0.3 is 10.1 Å². The molecule has 0 aliphatic carbocycles. The van der Waals surface area contributed by atoms with Crippen molar-refractivity contribution in [2.24, 2.45) is 0 Å². The van der Waals surface area contributed by atoms with Crippen LogP contribution in [0.2, 0.25) is 0 Å². The zero-order valence-corrected chi connectivity index (χ0v) is 11.1. The minimum Gasteiger partial charge on any atom is -0.450 e. The summed E-state index contributed by atoms with van der Waals surface area (Å²) in [5, 5.41) is 2.70. The van der Waals surface area contributed by atoms with Gasteiger partial charge in [-0.25, -0.2) is 4.79 Å². The molecule has 4 heteroatoms. The highest BCUT2D eigenvalue weighted by Gasteiger charge is 2.02. The molecular weight excluding hydrogens is 270 g/mol. The van der Waals surface area contributed by atoms with Crippen LogP contribution >= 0.6 is 15.9 Å². The third-order valence-electron chi connectivity index (χ3n) is 2.25. The molecule has 1 aromatic rings. The minimum absolute atomic E-state index is 0.352. The Morgan fingerprint density at radius 3 is 2.94 bits per heavy atom. The zero-order valence-electron chi connectivity index (χ0n) is 9.55. The summed E-state index contributed by atoms with van der Waals surface area (Å²) in [6.45, 7) is 4.85. The topological polar surface area (TPSA) is 38.3 Å². The van der Waals surface area contributed by atoms with Crippen molar-refractivity contribution in [1.82, 2.24) is 5.32 Å². The Labute approximate surface area is 104 Å². The van der Waals surface area contributed by atoms with E-state index >= 15 is 0 Å². The van der Waals surface area contributed by atoms with Crippen molar-refractivity contribution >= 4 is 22.0 Å². The monoisotopic (exact) mass is 285 g/mol. The van der Waals surface area contributed by atoms with Gasteiger partial charge in [0.1, 0.15) is 0 Å². The van der Waals surface area contributed by atoms with Crippen molar-refractivity contribution in [3.05, 3.63) is 33.8 Å². The zero-order chi connectivity index (χ0) is 12.0. The van der Waals surface area contributed by atoms with Gasteiger partial charge in [0.15, 0.2) is 0 Å². The molecule has 3 nitrogen and oxygen atoms in total. The van der Waals surface area contributed by atoms with Crippen molar-refractivity contribution in [3.63, 3.8) is 0 Å². The third-order valence-corrected chi connectivity index (χ3v) is 2.74. The normalized spacial score (nSPS) is 9.94. The molecule has 0 bridgehead atoms. The number of hydrogen-bond donors (Lipinski definition) is 1. The van der Waals surface area contributed by atoms with Gasteiger partial charge in [0.05, 0.1) is 6.61 Å². The molecule has 0 unspecified atom stereocenters. The highest BCUT2D eigenvalue weighted by atomic mass is 79.9. The van der Waals surface area contributed by atoms with Gasteiger partial charge in [-0.05, 0) is 43.5 Å². The van der Waals surface area contributed by atoms with Gasteiger partial charge >= 0.3 is 6.09 Å². The molecule has 0 saturated carbocycles. The fourth-order valence-electron chi connectivity index (χ4n) is 1.39. The van der Waals surface area contributed by atoms with Gasteiger partial charge in [0, 0.05) is 11.0 Å². The number of nitrogens with one attached hydrogen (secondary N) is 1. The standard InChI is InChI=1S/C12H16BrNO2/c1-3-16-12(15)14-7-6-10-8-11(13)5-4-9(10)2/h4-5,8H,3,6-7H2,1-2H3,(H,14,15). The number of hydrogen-bond acceptors (Lipinski definition) is 2. The molecule has 88 valence electrons. The van der Waals surface area contributed by atoms with E-state index in [1.54, 1.807) is 6.92 Å². The first-order valence-corrected chi connectivity index (χ1v) is 6.08. The van der Waals surface area contributed by atoms with E-state index in [0.29, 0.717) is 13.2 Å². The largest absolute Gasteiger partial charge is 0.450 e. The lowest BCUT2D eigenvalue weighted by atomic mass is 10.1. The van der Waals surface area contributed by atoms with Gasteiger partial charge in [-0.3, -0.25) is 0 Å². The molecule has 0 aliphatic heterocycles. The number of rotatable bonds is 4. The molecule has 1 amide bonds. The van der Waals surface area contributed by atoms with Gasteiger partial charge in [-0.1, -0.05) is 22.0 Å². The predicted molar refractivity (Wildman–Crippen MR) is 67.6 cm³/mol. The second kappa shape index (κ2) is 6.53. The fourth-order valence-corrected chi connectivity index (χ4v) is 1.80. The molecule has 0 saturated heterocycles. The Morgan fingerprint density at radius 2 is 2.25 bits per heavy atom. The summed E-state index contributed by atoms with van der Waals surface area (Å²) < 4.78 is 5.83. The first-order chi connectivity index (χ1) is 7.63. The molecule has 16 heavy (non-hydrogen) atoms. The summed E-state index contributed by atoms with van der Waals surface area (Å²) in [5.74, 6) is 0. The quantitative estimate of drug-likeness (QED) is 0.923. The van der Waals surface area contributed by atoms with Gasteiger partial charge in [-0.15, -0.1) is 0 Å². The van der Waals surface area contributed by atoms with E-state index < -0.39 is 0 Å². The van der Waals surface area contributed by atoms with E-state index in [2.05, 4.69) is 40.3 Å². The summed E-state index contributed by atoms with van der Waals surface area (Å²) in [6.07, 6.45) is 0.458. The van der Waals surface area contributed by atoms with Gasteiger partial charge in [-0.2, -0.15) is 0 Å². The van der Waals surface area contributed by atoms with E-state index in [9.17, 15) is 4.79 Å². The molecule has 0 aliphatic rings. The number of halogens is 1. The Morgan fingerprint density at radius 1 is 1.50 bits per heavy atom. The Bertz CT molecular complexity index is 366. The van der Waals surface area contributed by atoms with Crippen LogP contribution in [-0.2, 0) is 11.2 Å². The SMILES string of the molecule is CCOC(=O)NCCc1cc(Br)ccc1C. The Hall–Kier alpha value is -1.03. The van der Waals surface area contributed by atoms with Crippen LogP contribution in [0.3, 0.4) is 0 Å². The summed E-state index contributed by atoms with van der Waals surface area (Å²) in [5.41, 5.74) is 2.46. The lowest BCUT2D eigenvalue weighted by Crippen LogP contribution is -2.26. The van der Waals surface area contributed by atoms with Crippen LogP contribution in [0.4, 0.5) is 4.79 Å². The number of ether oxygens (including phenoxy) is 1. The Kier molecular flexibility index (Phi) is 5.32. The van der Waals surface area contributed by atoms with Crippen molar-refractivity contribution in [2.75, 3.05) is 13.2 Å². The van der Waals surface area contributed by atoms with E-state index in [-0.39, 0.29) is 6.09 Å². The average molecular weight is 286 g/mol. The summed E-state index contributed by atoms with van der Waals surface area (Å²) in [4.78, 5) is 11.0. The van der Waals surface area contributed by atoms with E-state index in [0.717, 1.165) is 10.9 Å². The maximum Gasteiger partial charge on any atom is 0.407 e. The van der Waals surface area contributed by atoms with Gasteiger partial charge in [0.25, 0.3) is 0 Å². The van der Waals surface area contributed by atoms with Crippen LogP contribution in [0.5, 0.6) is 0 Å². The lowest BCUT2D eigenvalue weighted by molar-refractivity contribution is 0.152. The average Bonchev–Trinajstić information content (AvgIpc) is 2.23. The predicted octanol–water partition coefficient (Wildman–Crippen LogP) is 3.05. The maximum absolute atomic E-state index is 11.0. The molecule has 0 aromatic heterocycles. The molecule has 0 atom stereocenters. The number of carbonyl (C=O) groups excluding carboxylic acids is 1. The molecule has 0 heterocycles. The smallest absolute Gasteiger partial charge is 0.407 e. The summed E-state index contributed by atoms with van der Waals surface area (Å²) in [6, 6.07) is 6.14. The minimum atomic E-state index is -0.352. The van der Waals surface area contributed by atoms with Gasteiger partial charge in [0.2, 0.25) is 0 Å². The first-order valence-electron chi connectivity index (χ1n) is 5.29. The van der Waals surface area contributed by atoms with Crippen molar-refractivity contribution in [2.45, 2.75) is 20.3 Å². The summed E-state index contributed by atoms with van der Waals surface area (Å²) in [7, 11) is 0. The second-order valence-electron chi connectivity index (χ2n) is 3.47. The lowest BCUT2D eigenvalue weighted by Gasteiger charge is -2.08. The van der Waals surface area contributed by atoms with Crippen LogP contribution in [0.25, 0.3) is 0 Å². The molecule has 0 spiro atoms. The van der Waals surface area contributed by atoms with Crippen molar-refractivity contribution in [1.29, 1.82) is 0 Å². The second-order valence-corrected chi connectivity index (χ2v) is 4.38. The molecule has 1 aromatic carbocycles. The van der Waals surface area contributed by atoms with Crippen LogP contribution in [-0.4, -0.2) is 19.2 Å². The molecule has 0 radical (unpaired) electrons. The van der Waals surface area contributed by atoms with E-state index in [4.69, 9.17) is 4.74 Å². The third kappa shape index (κ3) is 4.23. The number of alkyl carbamates (subject to hydrolysis) is 1. The highest BCUT2D eigenvalue weighted by Crippen LogP contribution is 2.16. The fraction of sp³-hybridized carbons (Fsp3) is 0.417. The van der Waals surface area contributed by atoms with Crippen molar-refractivity contribution in [3.8, 4) is 0 Å². The van der Waals surface area contributed by atoms with Crippen molar-refractivity contribution < 1.29 is 9.53 Å². The van der Waals surface area contributed by atoms with Crippen LogP contribution < -0.4 is 5.32 Å². The molecule has 0 fully saturated rings. The summed E-state index contributed by atoms with van der Waals surface area (Å²) >= 11 is 3.43. The van der Waals surface area contributed by atoms with E-state index in [1.807, 2.05) is 6.07 Å². The number of carbonyl (C=O) groups is 1. The highest BCUT2D eigenvalue weighted by molar-refractivity contribution is 9.10. The van der Waals surface area contributed by atoms with Crippen LogP contribution in [0, 0.1) is 6.92 Å². The first kappa shape index (κ1) is 13.0. The molecular formula is C12H16BrNO2. The van der Waals surface area contributed by atoms with E-state index in [1.165, 1.54) is 11.1 Å².